The summed E-state index contributed by atoms with van der Waals surface area (Å²) in [5.41, 5.74) is 0.439. The van der Waals surface area contributed by atoms with Crippen molar-refractivity contribution in [2.24, 2.45) is 0 Å². The molecular weight excluding hydrogens is 282 g/mol. The van der Waals surface area contributed by atoms with Gasteiger partial charge in [0.15, 0.2) is 5.75 Å². The van der Waals surface area contributed by atoms with Gasteiger partial charge in [0.05, 0.1) is 18.2 Å². The van der Waals surface area contributed by atoms with Gasteiger partial charge in [-0.2, -0.15) is 0 Å². The lowest BCUT2D eigenvalue weighted by atomic mass is 10.2. The van der Waals surface area contributed by atoms with Crippen LogP contribution < -0.4 is 14.8 Å². The summed E-state index contributed by atoms with van der Waals surface area (Å²) in [6.07, 6.45) is 1.66. The third-order valence-electron chi connectivity index (χ3n) is 2.07. The molecule has 1 rings (SSSR count). The molecule has 0 unspecified atom stereocenters. The molecule has 0 saturated heterocycles. The zero-order chi connectivity index (χ0) is 15.1. The maximum absolute atomic E-state index is 11.5. The quantitative estimate of drug-likeness (QED) is 0.862. The Labute approximate surface area is 123 Å². The number of nitrogens with one attached hydrogen (secondary N) is 1. The molecular formula is C14H16ClNO4. The average Bonchev–Trinajstić information content (AvgIpc) is 2.35. The first-order valence-electron chi connectivity index (χ1n) is 5.91. The van der Waals surface area contributed by atoms with E-state index in [9.17, 15) is 4.79 Å². The molecule has 1 N–H and O–H groups in total. The lowest BCUT2D eigenvalue weighted by molar-refractivity contribution is 0.130. The number of hydrogen-bond donors (Lipinski definition) is 1. The van der Waals surface area contributed by atoms with E-state index in [-0.39, 0.29) is 11.1 Å². The van der Waals surface area contributed by atoms with E-state index in [1.165, 1.54) is 13.2 Å². The second-order valence-corrected chi connectivity index (χ2v) is 4.43. The SMILES string of the molecule is CC#COc1c(Cl)cc(NC(=O)OC(C)C)cc1OC. The number of amides is 1. The van der Waals surface area contributed by atoms with E-state index >= 15 is 0 Å². The van der Waals surface area contributed by atoms with Gasteiger partial charge >= 0.3 is 6.09 Å². The molecule has 0 fully saturated rings. The number of rotatable bonds is 4. The second kappa shape index (κ2) is 7.51. The number of methoxy groups -OCH3 is 1. The largest absolute Gasteiger partial charge is 0.493 e. The number of carbonyl (C=O) groups excluding carboxylic acids is 1. The minimum absolute atomic E-state index is 0.213. The Morgan fingerprint density at radius 3 is 2.65 bits per heavy atom. The Kier molecular flexibility index (Phi) is 6.01. The Bertz CT molecular complexity index is 546. The van der Waals surface area contributed by atoms with E-state index < -0.39 is 6.09 Å². The van der Waals surface area contributed by atoms with Crippen molar-refractivity contribution in [1.29, 1.82) is 0 Å². The summed E-state index contributed by atoms with van der Waals surface area (Å²) >= 11 is 6.07. The van der Waals surface area contributed by atoms with E-state index in [0.29, 0.717) is 17.2 Å². The van der Waals surface area contributed by atoms with Gasteiger partial charge in [-0.05, 0) is 19.9 Å². The molecule has 0 radical (unpaired) electrons. The van der Waals surface area contributed by atoms with Gasteiger partial charge in [0.2, 0.25) is 5.75 Å². The average molecular weight is 298 g/mol. The Balaban J connectivity index is 2.97. The van der Waals surface area contributed by atoms with Crippen molar-refractivity contribution in [3.63, 3.8) is 0 Å². The third-order valence-corrected chi connectivity index (χ3v) is 2.35. The minimum atomic E-state index is -0.569. The molecule has 0 heterocycles. The summed E-state index contributed by atoms with van der Waals surface area (Å²) in [5.74, 6) is 3.25. The Morgan fingerprint density at radius 1 is 1.40 bits per heavy atom. The molecule has 0 aliphatic heterocycles. The van der Waals surface area contributed by atoms with Crippen molar-refractivity contribution in [3.05, 3.63) is 17.2 Å². The first-order valence-corrected chi connectivity index (χ1v) is 6.29. The first kappa shape index (κ1) is 16.0. The molecule has 0 aliphatic rings. The summed E-state index contributed by atoms with van der Waals surface area (Å²) in [4.78, 5) is 11.5. The van der Waals surface area contributed by atoms with E-state index in [2.05, 4.69) is 17.3 Å². The minimum Gasteiger partial charge on any atom is -0.493 e. The maximum Gasteiger partial charge on any atom is 0.411 e. The van der Waals surface area contributed by atoms with Gasteiger partial charge in [0, 0.05) is 18.7 Å². The highest BCUT2D eigenvalue weighted by atomic mass is 35.5. The Hall–Kier alpha value is -2.06. The van der Waals surface area contributed by atoms with Crippen LogP contribution in [-0.2, 0) is 4.74 Å². The van der Waals surface area contributed by atoms with Crippen LogP contribution in [0.5, 0.6) is 11.5 Å². The molecule has 5 nitrogen and oxygen atoms in total. The fraction of sp³-hybridized carbons (Fsp3) is 0.357. The summed E-state index contributed by atoms with van der Waals surface area (Å²) in [7, 11) is 1.47. The van der Waals surface area contributed by atoms with Crippen LogP contribution in [0.1, 0.15) is 20.8 Å². The van der Waals surface area contributed by atoms with Crippen molar-refractivity contribution in [2.45, 2.75) is 26.9 Å². The van der Waals surface area contributed by atoms with Gasteiger partial charge < -0.3 is 14.2 Å². The van der Waals surface area contributed by atoms with Gasteiger partial charge in [-0.1, -0.05) is 17.5 Å². The highest BCUT2D eigenvalue weighted by Gasteiger charge is 2.14. The topological polar surface area (TPSA) is 56.8 Å². The molecule has 6 heteroatoms. The van der Waals surface area contributed by atoms with Crippen molar-refractivity contribution in [2.75, 3.05) is 12.4 Å². The molecule has 0 aromatic heterocycles. The summed E-state index contributed by atoms with van der Waals surface area (Å²) in [5, 5.41) is 2.83. The number of ether oxygens (including phenoxy) is 3. The molecule has 0 aliphatic carbocycles. The van der Waals surface area contributed by atoms with Crippen molar-refractivity contribution in [1.82, 2.24) is 0 Å². The second-order valence-electron chi connectivity index (χ2n) is 4.02. The van der Waals surface area contributed by atoms with Crippen molar-refractivity contribution in [3.8, 4) is 23.5 Å². The number of halogens is 1. The van der Waals surface area contributed by atoms with Gasteiger partial charge in [0.1, 0.15) is 6.11 Å². The monoisotopic (exact) mass is 297 g/mol. The fourth-order valence-electron chi connectivity index (χ4n) is 1.35. The van der Waals surface area contributed by atoms with Crippen molar-refractivity contribution >= 4 is 23.4 Å². The van der Waals surface area contributed by atoms with Crippen LogP contribution in [0.25, 0.3) is 0 Å². The van der Waals surface area contributed by atoms with Crippen LogP contribution in [0.2, 0.25) is 5.02 Å². The molecule has 1 aromatic carbocycles. The van der Waals surface area contributed by atoms with Crippen molar-refractivity contribution < 1.29 is 19.0 Å². The highest BCUT2D eigenvalue weighted by molar-refractivity contribution is 6.32. The molecule has 20 heavy (non-hydrogen) atoms. The zero-order valence-electron chi connectivity index (χ0n) is 11.7. The van der Waals surface area contributed by atoms with Crippen LogP contribution >= 0.6 is 11.6 Å². The summed E-state index contributed by atoms with van der Waals surface area (Å²) in [6, 6.07) is 3.10. The number of carbonyl (C=O) groups is 1. The molecule has 1 aromatic rings. The predicted molar refractivity (Wildman–Crippen MR) is 77.3 cm³/mol. The van der Waals surface area contributed by atoms with Crippen LogP contribution in [0, 0.1) is 12.0 Å². The van der Waals surface area contributed by atoms with Crippen LogP contribution in [0.15, 0.2) is 12.1 Å². The smallest absolute Gasteiger partial charge is 0.411 e. The first-order chi connectivity index (χ1) is 9.47. The molecule has 0 bridgehead atoms. The molecule has 0 atom stereocenters. The molecule has 0 spiro atoms. The molecule has 108 valence electrons. The third kappa shape index (κ3) is 4.56. The van der Waals surface area contributed by atoms with E-state index in [0.717, 1.165) is 0 Å². The number of benzene rings is 1. The maximum atomic E-state index is 11.5. The van der Waals surface area contributed by atoms with E-state index in [4.69, 9.17) is 25.8 Å². The Morgan fingerprint density at radius 2 is 2.10 bits per heavy atom. The zero-order valence-corrected chi connectivity index (χ0v) is 12.5. The molecule has 1 amide bonds. The van der Waals surface area contributed by atoms with Gasteiger partial charge in [-0.3, -0.25) is 5.32 Å². The normalized spacial score (nSPS) is 9.50. The lowest BCUT2D eigenvalue weighted by Gasteiger charge is -2.13. The number of hydrogen-bond acceptors (Lipinski definition) is 4. The van der Waals surface area contributed by atoms with Gasteiger partial charge in [0.25, 0.3) is 0 Å². The number of anilines is 1. The molecule has 0 saturated carbocycles. The van der Waals surface area contributed by atoms with Crippen LogP contribution in [-0.4, -0.2) is 19.3 Å². The van der Waals surface area contributed by atoms with E-state index in [1.54, 1.807) is 26.8 Å². The van der Waals surface area contributed by atoms with E-state index in [1.807, 2.05) is 0 Å². The summed E-state index contributed by atoms with van der Waals surface area (Å²) < 4.78 is 15.3. The van der Waals surface area contributed by atoms with Gasteiger partial charge in [-0.25, -0.2) is 4.79 Å². The standard InChI is InChI=1S/C14H16ClNO4/c1-5-6-19-13-11(15)7-10(8-12(13)18-4)16-14(17)20-9(2)3/h7-9H,1-4H3,(H,16,17). The fourth-order valence-corrected chi connectivity index (χ4v) is 1.60. The summed E-state index contributed by atoms with van der Waals surface area (Å²) in [6.45, 7) is 5.15. The highest BCUT2D eigenvalue weighted by Crippen LogP contribution is 2.38. The van der Waals surface area contributed by atoms with Gasteiger partial charge in [-0.15, -0.1) is 0 Å². The van der Waals surface area contributed by atoms with Crippen LogP contribution in [0.3, 0.4) is 0 Å². The predicted octanol–water partition coefficient (Wildman–Crippen LogP) is 3.67. The lowest BCUT2D eigenvalue weighted by Crippen LogP contribution is -2.18. The van der Waals surface area contributed by atoms with Crippen LogP contribution in [0.4, 0.5) is 10.5 Å².